The zero-order chi connectivity index (χ0) is 14.0. The first-order valence-electron chi connectivity index (χ1n) is 6.68. The van der Waals surface area contributed by atoms with Crippen molar-refractivity contribution >= 4 is 16.9 Å². The average molecular weight is 259 g/mol. The fourth-order valence-corrected chi connectivity index (χ4v) is 2.32. The Morgan fingerprint density at radius 2 is 2.16 bits per heavy atom. The first-order chi connectivity index (χ1) is 8.99. The number of hydrogen-bond donors (Lipinski definition) is 1. The van der Waals surface area contributed by atoms with Crippen LogP contribution in [0.3, 0.4) is 0 Å². The minimum atomic E-state index is 0.0148. The second-order valence-corrected chi connectivity index (χ2v) is 5.24. The summed E-state index contributed by atoms with van der Waals surface area (Å²) in [5.74, 6) is 1.54. The summed E-state index contributed by atoms with van der Waals surface area (Å²) < 4.78 is 2.15. The van der Waals surface area contributed by atoms with Crippen molar-refractivity contribution in [1.29, 1.82) is 0 Å². The van der Waals surface area contributed by atoms with E-state index in [1.54, 1.807) is 0 Å². The van der Waals surface area contributed by atoms with E-state index in [4.69, 9.17) is 4.98 Å². The van der Waals surface area contributed by atoms with Crippen molar-refractivity contribution in [2.75, 3.05) is 6.54 Å². The molecule has 0 spiro atoms. The van der Waals surface area contributed by atoms with Crippen LogP contribution in [-0.4, -0.2) is 22.0 Å². The number of carbonyl (C=O) groups is 1. The third-order valence-electron chi connectivity index (χ3n) is 3.28. The molecule has 1 heterocycles. The lowest BCUT2D eigenvalue weighted by atomic mass is 10.1. The maximum Gasteiger partial charge on any atom is 0.216 e. The van der Waals surface area contributed by atoms with Crippen molar-refractivity contribution in [3.63, 3.8) is 0 Å². The topological polar surface area (TPSA) is 46.9 Å². The summed E-state index contributed by atoms with van der Waals surface area (Å²) in [6, 6.07) is 6.33. The molecule has 0 bridgehead atoms. The number of aryl methyl sites for hydroxylation is 1. The van der Waals surface area contributed by atoms with Gasteiger partial charge in [-0.3, -0.25) is 4.79 Å². The molecule has 0 saturated carbocycles. The lowest BCUT2D eigenvalue weighted by molar-refractivity contribution is -0.118. The van der Waals surface area contributed by atoms with Crippen LogP contribution in [0.2, 0.25) is 0 Å². The molecule has 0 aliphatic rings. The molecule has 0 unspecified atom stereocenters. The minimum absolute atomic E-state index is 0.0148. The molecule has 1 aromatic heterocycles. The number of benzene rings is 1. The summed E-state index contributed by atoms with van der Waals surface area (Å²) in [5.41, 5.74) is 3.40. The van der Waals surface area contributed by atoms with Crippen LogP contribution >= 0.6 is 0 Å². The van der Waals surface area contributed by atoms with Gasteiger partial charge in [0.1, 0.15) is 5.82 Å². The van der Waals surface area contributed by atoms with Gasteiger partial charge in [-0.1, -0.05) is 19.9 Å². The monoisotopic (exact) mass is 259 g/mol. The molecule has 4 nitrogen and oxygen atoms in total. The van der Waals surface area contributed by atoms with E-state index < -0.39 is 0 Å². The lowest BCUT2D eigenvalue weighted by Crippen LogP contribution is -2.22. The summed E-state index contributed by atoms with van der Waals surface area (Å²) >= 11 is 0. The molecular formula is C15H21N3O. The summed E-state index contributed by atoms with van der Waals surface area (Å²) in [6.07, 6.45) is 0.836. The van der Waals surface area contributed by atoms with Gasteiger partial charge in [-0.15, -0.1) is 0 Å². The Bertz CT molecular complexity index is 599. The van der Waals surface area contributed by atoms with E-state index in [0.29, 0.717) is 12.5 Å². The predicted molar refractivity (Wildman–Crippen MR) is 77.2 cm³/mol. The van der Waals surface area contributed by atoms with Crippen molar-refractivity contribution in [2.45, 2.75) is 33.1 Å². The second kappa shape index (κ2) is 5.43. The smallest absolute Gasteiger partial charge is 0.216 e. The zero-order valence-corrected chi connectivity index (χ0v) is 12.0. The number of carbonyl (C=O) groups excluding carboxylic acids is 1. The van der Waals surface area contributed by atoms with Gasteiger partial charge in [0.2, 0.25) is 5.91 Å². The van der Waals surface area contributed by atoms with E-state index in [1.165, 1.54) is 12.5 Å². The predicted octanol–water partition coefficient (Wildman–Crippen LogP) is 2.38. The largest absolute Gasteiger partial charge is 0.356 e. The standard InChI is InChI=1S/C15H21N3O/c1-10(2)15-17-13-9-12(7-8-16-11(3)19)5-6-14(13)18(15)4/h5-6,9-10H,7-8H2,1-4H3,(H,16,19). The van der Waals surface area contributed by atoms with E-state index in [2.05, 4.69) is 49.0 Å². The number of rotatable bonds is 4. The Labute approximate surface area is 113 Å². The first kappa shape index (κ1) is 13.6. The van der Waals surface area contributed by atoms with Gasteiger partial charge in [-0.05, 0) is 24.1 Å². The fraction of sp³-hybridized carbons (Fsp3) is 0.467. The fourth-order valence-electron chi connectivity index (χ4n) is 2.32. The van der Waals surface area contributed by atoms with Crippen molar-refractivity contribution in [3.05, 3.63) is 29.6 Å². The van der Waals surface area contributed by atoms with Crippen molar-refractivity contribution in [3.8, 4) is 0 Å². The van der Waals surface area contributed by atoms with Gasteiger partial charge in [0.25, 0.3) is 0 Å². The Hall–Kier alpha value is -1.84. The van der Waals surface area contributed by atoms with Crippen molar-refractivity contribution in [1.82, 2.24) is 14.9 Å². The molecule has 0 fully saturated rings. The molecule has 4 heteroatoms. The molecule has 0 atom stereocenters. The number of fused-ring (bicyclic) bond motifs is 1. The van der Waals surface area contributed by atoms with Gasteiger partial charge in [0, 0.05) is 26.4 Å². The van der Waals surface area contributed by atoms with Crippen LogP contribution in [0.1, 0.15) is 38.1 Å². The van der Waals surface area contributed by atoms with Gasteiger partial charge in [-0.25, -0.2) is 4.98 Å². The molecule has 2 aromatic rings. The Balaban J connectivity index is 2.23. The Morgan fingerprint density at radius 3 is 2.79 bits per heavy atom. The molecule has 19 heavy (non-hydrogen) atoms. The number of nitrogens with zero attached hydrogens (tertiary/aromatic N) is 2. The van der Waals surface area contributed by atoms with Gasteiger partial charge in [0.05, 0.1) is 11.0 Å². The third-order valence-corrected chi connectivity index (χ3v) is 3.28. The van der Waals surface area contributed by atoms with Crippen LogP contribution in [0.25, 0.3) is 11.0 Å². The molecule has 0 aliphatic heterocycles. The van der Waals surface area contributed by atoms with Crippen LogP contribution in [0.5, 0.6) is 0 Å². The Morgan fingerprint density at radius 1 is 1.42 bits per heavy atom. The molecule has 2 rings (SSSR count). The maximum atomic E-state index is 10.8. The van der Waals surface area contributed by atoms with Gasteiger partial charge < -0.3 is 9.88 Å². The highest BCUT2D eigenvalue weighted by Crippen LogP contribution is 2.21. The number of hydrogen-bond acceptors (Lipinski definition) is 2. The maximum absolute atomic E-state index is 10.8. The van der Waals surface area contributed by atoms with E-state index in [0.717, 1.165) is 23.3 Å². The van der Waals surface area contributed by atoms with Crippen LogP contribution in [0.15, 0.2) is 18.2 Å². The normalized spacial score (nSPS) is 11.2. The summed E-state index contributed by atoms with van der Waals surface area (Å²) in [6.45, 7) is 6.51. The number of aromatic nitrogens is 2. The molecule has 0 radical (unpaired) electrons. The summed E-state index contributed by atoms with van der Waals surface area (Å²) in [7, 11) is 2.06. The van der Waals surface area contributed by atoms with Crippen LogP contribution in [0.4, 0.5) is 0 Å². The molecule has 102 valence electrons. The highest BCUT2D eigenvalue weighted by Gasteiger charge is 2.10. The molecular weight excluding hydrogens is 238 g/mol. The highest BCUT2D eigenvalue weighted by atomic mass is 16.1. The van der Waals surface area contributed by atoms with Crippen LogP contribution in [-0.2, 0) is 18.3 Å². The van der Waals surface area contributed by atoms with E-state index in [-0.39, 0.29) is 5.91 Å². The summed E-state index contributed by atoms with van der Waals surface area (Å²) in [5, 5.41) is 2.81. The number of amides is 1. The van der Waals surface area contributed by atoms with E-state index in [1.807, 2.05) is 0 Å². The molecule has 1 N–H and O–H groups in total. The SMILES string of the molecule is CC(=O)NCCc1ccc2c(c1)nc(C(C)C)n2C. The van der Waals surface area contributed by atoms with Gasteiger partial charge >= 0.3 is 0 Å². The lowest BCUT2D eigenvalue weighted by Gasteiger charge is -2.05. The Kier molecular flexibility index (Phi) is 3.88. The quantitative estimate of drug-likeness (QED) is 0.916. The number of nitrogens with one attached hydrogen (secondary N) is 1. The average Bonchev–Trinajstić information content (AvgIpc) is 2.66. The first-order valence-corrected chi connectivity index (χ1v) is 6.68. The summed E-state index contributed by atoms with van der Waals surface area (Å²) in [4.78, 5) is 15.5. The van der Waals surface area contributed by atoms with E-state index in [9.17, 15) is 4.79 Å². The number of imidazole rings is 1. The van der Waals surface area contributed by atoms with Crippen molar-refractivity contribution < 1.29 is 4.79 Å². The minimum Gasteiger partial charge on any atom is -0.356 e. The van der Waals surface area contributed by atoms with Gasteiger partial charge in [-0.2, -0.15) is 0 Å². The molecule has 0 aliphatic carbocycles. The third kappa shape index (κ3) is 2.95. The van der Waals surface area contributed by atoms with Crippen LogP contribution < -0.4 is 5.32 Å². The zero-order valence-electron chi connectivity index (χ0n) is 12.0. The van der Waals surface area contributed by atoms with Crippen LogP contribution in [0, 0.1) is 0 Å². The second-order valence-electron chi connectivity index (χ2n) is 5.24. The molecule has 1 aromatic carbocycles. The molecule has 0 saturated heterocycles. The van der Waals surface area contributed by atoms with Gasteiger partial charge in [0.15, 0.2) is 0 Å². The molecule has 1 amide bonds. The highest BCUT2D eigenvalue weighted by molar-refractivity contribution is 5.77. The van der Waals surface area contributed by atoms with E-state index >= 15 is 0 Å². The van der Waals surface area contributed by atoms with Crippen molar-refractivity contribution in [2.24, 2.45) is 7.05 Å².